The maximum Gasteiger partial charge on any atom is 0.255 e. The number of rotatable bonds is 6. The molecule has 1 aromatic carbocycles. The first-order valence-electron chi connectivity index (χ1n) is 8.81. The number of hydrogen-bond donors (Lipinski definition) is 1. The molecule has 0 spiro atoms. The van der Waals surface area contributed by atoms with E-state index in [2.05, 4.69) is 5.32 Å². The van der Waals surface area contributed by atoms with Crippen molar-refractivity contribution in [2.75, 3.05) is 19.7 Å². The molecule has 1 heterocycles. The first-order valence-corrected chi connectivity index (χ1v) is 8.81. The third-order valence-electron chi connectivity index (χ3n) is 4.30. The van der Waals surface area contributed by atoms with Crippen LogP contribution in [0.5, 0.6) is 5.75 Å². The molecule has 24 heavy (non-hydrogen) atoms. The molecule has 0 bridgehead atoms. The van der Waals surface area contributed by atoms with Gasteiger partial charge in [-0.15, -0.1) is 0 Å². The minimum Gasteiger partial charge on any atom is -0.492 e. The van der Waals surface area contributed by atoms with Crippen LogP contribution in [0.1, 0.15) is 50.4 Å². The first kappa shape index (κ1) is 18.3. The molecule has 1 saturated heterocycles. The Labute approximate surface area is 144 Å². The average Bonchev–Trinajstić information content (AvgIpc) is 2.59. The molecule has 1 aliphatic rings. The highest BCUT2D eigenvalue weighted by atomic mass is 16.5. The summed E-state index contributed by atoms with van der Waals surface area (Å²) in [6, 6.07) is 7.44. The number of nitrogens with zero attached hydrogens (tertiary/aromatic N) is 1. The van der Waals surface area contributed by atoms with Gasteiger partial charge in [-0.3, -0.25) is 9.59 Å². The summed E-state index contributed by atoms with van der Waals surface area (Å²) in [4.78, 5) is 25.9. The van der Waals surface area contributed by atoms with E-state index in [0.717, 1.165) is 25.9 Å². The molecule has 0 atom stereocenters. The van der Waals surface area contributed by atoms with Gasteiger partial charge in [0.15, 0.2) is 0 Å². The van der Waals surface area contributed by atoms with Gasteiger partial charge in [0, 0.05) is 25.6 Å². The molecular formula is C19H28N2O3. The molecule has 0 saturated carbocycles. The van der Waals surface area contributed by atoms with Crippen molar-refractivity contribution in [3.8, 4) is 5.75 Å². The molecule has 1 N–H and O–H groups in total. The molecule has 1 fully saturated rings. The van der Waals surface area contributed by atoms with Crippen molar-refractivity contribution in [1.29, 1.82) is 0 Å². The molecular weight excluding hydrogens is 304 g/mol. The lowest BCUT2D eigenvalue weighted by Gasteiger charge is -2.31. The average molecular weight is 332 g/mol. The molecule has 5 heteroatoms. The van der Waals surface area contributed by atoms with Crippen LogP contribution >= 0.6 is 0 Å². The van der Waals surface area contributed by atoms with E-state index in [0.29, 0.717) is 30.3 Å². The van der Waals surface area contributed by atoms with Crippen molar-refractivity contribution in [3.05, 3.63) is 29.8 Å². The Bertz CT molecular complexity index is 563. The lowest BCUT2D eigenvalue weighted by molar-refractivity contribution is -0.132. The zero-order chi connectivity index (χ0) is 17.5. The number of nitrogens with one attached hydrogen (secondary N) is 1. The first-order chi connectivity index (χ1) is 11.5. The fourth-order valence-corrected chi connectivity index (χ4v) is 2.90. The van der Waals surface area contributed by atoms with Gasteiger partial charge in [0.2, 0.25) is 5.91 Å². The third kappa shape index (κ3) is 4.98. The van der Waals surface area contributed by atoms with E-state index in [4.69, 9.17) is 4.74 Å². The zero-order valence-electron chi connectivity index (χ0n) is 14.9. The molecule has 1 aromatic rings. The fourth-order valence-electron chi connectivity index (χ4n) is 2.90. The van der Waals surface area contributed by atoms with Gasteiger partial charge >= 0.3 is 0 Å². The maximum atomic E-state index is 12.2. The SMILES string of the molecule is CCC(=O)N1CCC(COc2ccccc2C(=O)NC(C)C)CC1. The Morgan fingerprint density at radius 3 is 2.54 bits per heavy atom. The summed E-state index contributed by atoms with van der Waals surface area (Å²) in [6.07, 6.45) is 2.47. The van der Waals surface area contributed by atoms with Crippen molar-refractivity contribution in [2.45, 2.75) is 46.1 Å². The van der Waals surface area contributed by atoms with E-state index in [-0.39, 0.29) is 17.9 Å². The number of carbonyl (C=O) groups excluding carboxylic acids is 2. The van der Waals surface area contributed by atoms with Crippen LogP contribution in [0.3, 0.4) is 0 Å². The number of ether oxygens (including phenoxy) is 1. The number of piperidine rings is 1. The van der Waals surface area contributed by atoms with E-state index in [9.17, 15) is 9.59 Å². The molecule has 0 unspecified atom stereocenters. The minimum atomic E-state index is -0.107. The second-order valence-corrected chi connectivity index (χ2v) is 6.61. The number of carbonyl (C=O) groups is 2. The van der Waals surface area contributed by atoms with Gasteiger partial charge < -0.3 is 15.0 Å². The second kappa shape index (κ2) is 8.71. The van der Waals surface area contributed by atoms with Crippen molar-refractivity contribution in [1.82, 2.24) is 10.2 Å². The van der Waals surface area contributed by atoms with E-state index >= 15 is 0 Å². The molecule has 1 aliphatic heterocycles. The molecule has 5 nitrogen and oxygen atoms in total. The van der Waals surface area contributed by atoms with Crippen molar-refractivity contribution < 1.29 is 14.3 Å². The molecule has 0 aromatic heterocycles. The Morgan fingerprint density at radius 1 is 1.25 bits per heavy atom. The van der Waals surface area contributed by atoms with E-state index in [1.165, 1.54) is 0 Å². The van der Waals surface area contributed by atoms with Crippen molar-refractivity contribution in [2.24, 2.45) is 5.92 Å². The van der Waals surface area contributed by atoms with Crippen LogP contribution in [0.15, 0.2) is 24.3 Å². The lowest BCUT2D eigenvalue weighted by Crippen LogP contribution is -2.39. The van der Waals surface area contributed by atoms with E-state index in [1.54, 1.807) is 6.07 Å². The van der Waals surface area contributed by atoms with Crippen molar-refractivity contribution >= 4 is 11.8 Å². The number of hydrogen-bond acceptors (Lipinski definition) is 3. The van der Waals surface area contributed by atoms with Gasteiger partial charge in [0.05, 0.1) is 12.2 Å². The Balaban J connectivity index is 1.89. The summed E-state index contributed by atoms with van der Waals surface area (Å²) in [7, 11) is 0. The van der Waals surface area contributed by atoms with Gasteiger partial charge in [-0.1, -0.05) is 19.1 Å². The maximum absolute atomic E-state index is 12.2. The zero-order valence-corrected chi connectivity index (χ0v) is 14.9. The van der Waals surface area contributed by atoms with Gasteiger partial charge in [-0.25, -0.2) is 0 Å². The van der Waals surface area contributed by atoms with Gasteiger partial charge in [0.1, 0.15) is 5.75 Å². The predicted octanol–water partition coefficient (Wildman–Crippen LogP) is 2.85. The molecule has 0 aliphatic carbocycles. The van der Waals surface area contributed by atoms with Crippen LogP contribution in [-0.2, 0) is 4.79 Å². The largest absolute Gasteiger partial charge is 0.492 e. The predicted molar refractivity (Wildman–Crippen MR) is 94.1 cm³/mol. The monoisotopic (exact) mass is 332 g/mol. The molecule has 132 valence electrons. The normalized spacial score (nSPS) is 15.4. The summed E-state index contributed by atoms with van der Waals surface area (Å²) in [5, 5.41) is 2.90. The summed E-state index contributed by atoms with van der Waals surface area (Å²) >= 11 is 0. The number of likely N-dealkylation sites (tertiary alicyclic amines) is 1. The number of benzene rings is 1. The summed E-state index contributed by atoms with van der Waals surface area (Å²) in [6.45, 7) is 7.96. The third-order valence-corrected chi connectivity index (χ3v) is 4.30. The summed E-state index contributed by atoms with van der Waals surface area (Å²) in [5.74, 6) is 1.17. The van der Waals surface area contributed by atoms with Crippen LogP contribution in [0.4, 0.5) is 0 Å². The fraction of sp³-hybridized carbons (Fsp3) is 0.579. The lowest BCUT2D eigenvalue weighted by atomic mass is 9.97. The van der Waals surface area contributed by atoms with Crippen LogP contribution < -0.4 is 10.1 Å². The molecule has 2 rings (SSSR count). The highest BCUT2D eigenvalue weighted by Crippen LogP contribution is 2.22. The molecule has 2 amide bonds. The summed E-state index contributed by atoms with van der Waals surface area (Å²) in [5.41, 5.74) is 0.574. The quantitative estimate of drug-likeness (QED) is 0.871. The highest BCUT2D eigenvalue weighted by molar-refractivity contribution is 5.97. The Hall–Kier alpha value is -2.04. The van der Waals surface area contributed by atoms with E-state index < -0.39 is 0 Å². The molecule has 0 radical (unpaired) electrons. The standard InChI is InChI=1S/C19H28N2O3/c1-4-18(22)21-11-9-15(10-12-21)13-24-17-8-6-5-7-16(17)19(23)20-14(2)3/h5-8,14-15H,4,9-13H2,1-3H3,(H,20,23). The van der Waals surface area contributed by atoms with Crippen LogP contribution in [0.2, 0.25) is 0 Å². The Morgan fingerprint density at radius 2 is 1.92 bits per heavy atom. The number of amides is 2. The van der Waals surface area contributed by atoms with Crippen molar-refractivity contribution in [3.63, 3.8) is 0 Å². The van der Waals surface area contributed by atoms with E-state index in [1.807, 2.05) is 43.9 Å². The smallest absolute Gasteiger partial charge is 0.255 e. The van der Waals surface area contributed by atoms with Gasteiger partial charge in [-0.2, -0.15) is 0 Å². The number of para-hydroxylation sites is 1. The Kier molecular flexibility index (Phi) is 6.64. The second-order valence-electron chi connectivity index (χ2n) is 6.61. The van der Waals surface area contributed by atoms with Crippen LogP contribution in [0, 0.1) is 5.92 Å². The van der Waals surface area contributed by atoms with Gasteiger partial charge in [0.25, 0.3) is 5.91 Å². The summed E-state index contributed by atoms with van der Waals surface area (Å²) < 4.78 is 5.94. The van der Waals surface area contributed by atoms with Gasteiger partial charge in [-0.05, 0) is 44.7 Å². The van der Waals surface area contributed by atoms with Crippen LogP contribution in [-0.4, -0.2) is 42.5 Å². The highest BCUT2D eigenvalue weighted by Gasteiger charge is 2.23. The minimum absolute atomic E-state index is 0.0889. The topological polar surface area (TPSA) is 58.6 Å². The van der Waals surface area contributed by atoms with Crippen LogP contribution in [0.25, 0.3) is 0 Å².